The van der Waals surface area contributed by atoms with Crippen LogP contribution in [-0.2, 0) is 0 Å². The molecule has 0 aromatic heterocycles. The molecular formula is C17H24FNS. The molecule has 2 unspecified atom stereocenters. The minimum Gasteiger partial charge on any atom is -0.307 e. The molecule has 1 nitrogen and oxygen atoms in total. The zero-order valence-corrected chi connectivity index (χ0v) is 13.2. The molecule has 0 spiro atoms. The summed E-state index contributed by atoms with van der Waals surface area (Å²) in [4.78, 5) is 1.25. The summed E-state index contributed by atoms with van der Waals surface area (Å²) in [6, 6.07) is 6.17. The number of fused-ring (bicyclic) bond motifs is 1. The molecule has 1 fully saturated rings. The van der Waals surface area contributed by atoms with Crippen molar-refractivity contribution in [2.45, 2.75) is 62.9 Å². The maximum absolute atomic E-state index is 13.5. The second-order valence-corrected chi connectivity index (χ2v) is 8.13. The summed E-state index contributed by atoms with van der Waals surface area (Å²) in [5.41, 5.74) is 1.62. The second kappa shape index (κ2) is 5.69. The van der Waals surface area contributed by atoms with Crippen molar-refractivity contribution in [2.75, 3.05) is 5.75 Å². The lowest BCUT2D eigenvalue weighted by atomic mass is 9.75. The molecule has 1 saturated carbocycles. The van der Waals surface area contributed by atoms with Crippen molar-refractivity contribution in [2.24, 2.45) is 5.41 Å². The Kier molecular flexibility index (Phi) is 4.09. The number of benzene rings is 1. The Hall–Kier alpha value is -0.540. The Morgan fingerprint density at radius 1 is 1.30 bits per heavy atom. The first kappa shape index (κ1) is 14.4. The first-order valence-electron chi connectivity index (χ1n) is 7.72. The van der Waals surface area contributed by atoms with Crippen LogP contribution < -0.4 is 5.32 Å². The third-order valence-corrected chi connectivity index (χ3v) is 5.78. The van der Waals surface area contributed by atoms with Gasteiger partial charge in [0, 0.05) is 17.0 Å². The summed E-state index contributed by atoms with van der Waals surface area (Å²) in [6.07, 6.45) is 6.25. The normalized spacial score (nSPS) is 28.9. The van der Waals surface area contributed by atoms with E-state index < -0.39 is 0 Å². The Balaban J connectivity index is 1.74. The smallest absolute Gasteiger partial charge is 0.123 e. The van der Waals surface area contributed by atoms with E-state index in [1.165, 1.54) is 36.1 Å². The fourth-order valence-electron chi connectivity index (χ4n) is 3.66. The van der Waals surface area contributed by atoms with Crippen LogP contribution in [-0.4, -0.2) is 11.8 Å². The maximum Gasteiger partial charge on any atom is 0.123 e. The maximum atomic E-state index is 13.5. The van der Waals surface area contributed by atoms with E-state index in [9.17, 15) is 4.39 Å². The van der Waals surface area contributed by atoms with Gasteiger partial charge in [0.15, 0.2) is 0 Å². The van der Waals surface area contributed by atoms with E-state index in [-0.39, 0.29) is 5.82 Å². The summed E-state index contributed by atoms with van der Waals surface area (Å²) in [6.45, 7) is 4.73. The first-order chi connectivity index (χ1) is 9.53. The number of hydrogen-bond acceptors (Lipinski definition) is 2. The number of nitrogens with one attached hydrogen (secondary N) is 1. The van der Waals surface area contributed by atoms with Crippen molar-refractivity contribution in [3.63, 3.8) is 0 Å². The van der Waals surface area contributed by atoms with Crippen LogP contribution >= 0.6 is 11.8 Å². The third kappa shape index (κ3) is 3.20. The van der Waals surface area contributed by atoms with Gasteiger partial charge in [-0.15, -0.1) is 11.8 Å². The quantitative estimate of drug-likeness (QED) is 0.830. The Bertz CT molecular complexity index is 486. The Morgan fingerprint density at radius 3 is 2.95 bits per heavy atom. The molecule has 0 radical (unpaired) electrons. The average Bonchev–Trinajstić information content (AvgIpc) is 2.38. The van der Waals surface area contributed by atoms with Crippen LogP contribution in [0.4, 0.5) is 4.39 Å². The lowest BCUT2D eigenvalue weighted by Crippen LogP contribution is -2.40. The number of thioether (sulfide) groups is 1. The van der Waals surface area contributed by atoms with Crippen molar-refractivity contribution in [1.82, 2.24) is 5.32 Å². The molecule has 110 valence electrons. The van der Waals surface area contributed by atoms with Crippen LogP contribution in [0, 0.1) is 11.2 Å². The van der Waals surface area contributed by atoms with Crippen LogP contribution in [0.1, 0.15) is 57.6 Å². The molecule has 3 heteroatoms. The van der Waals surface area contributed by atoms with Gasteiger partial charge in [0.1, 0.15) is 5.82 Å². The summed E-state index contributed by atoms with van der Waals surface area (Å²) in [5.74, 6) is 1.02. The molecular weight excluding hydrogens is 269 g/mol. The number of hydrogen-bond donors (Lipinski definition) is 1. The summed E-state index contributed by atoms with van der Waals surface area (Å²) in [7, 11) is 0. The molecule has 3 rings (SSSR count). The monoisotopic (exact) mass is 293 g/mol. The molecule has 1 aromatic carbocycles. The molecule has 1 aliphatic carbocycles. The van der Waals surface area contributed by atoms with Crippen molar-refractivity contribution in [3.05, 3.63) is 29.6 Å². The molecule has 2 aliphatic rings. The van der Waals surface area contributed by atoms with Gasteiger partial charge in [0.2, 0.25) is 0 Å². The van der Waals surface area contributed by atoms with E-state index in [0.717, 1.165) is 12.2 Å². The van der Waals surface area contributed by atoms with E-state index in [0.29, 0.717) is 17.5 Å². The molecule has 0 saturated heterocycles. The van der Waals surface area contributed by atoms with Gasteiger partial charge < -0.3 is 5.32 Å². The fourth-order valence-corrected chi connectivity index (χ4v) is 4.77. The Morgan fingerprint density at radius 2 is 2.15 bits per heavy atom. The highest BCUT2D eigenvalue weighted by atomic mass is 32.2. The minimum absolute atomic E-state index is 0.109. The summed E-state index contributed by atoms with van der Waals surface area (Å²) < 4.78 is 13.5. The van der Waals surface area contributed by atoms with Gasteiger partial charge in [-0.3, -0.25) is 0 Å². The van der Waals surface area contributed by atoms with E-state index >= 15 is 0 Å². The predicted molar refractivity (Wildman–Crippen MR) is 83.7 cm³/mol. The molecule has 1 aliphatic heterocycles. The van der Waals surface area contributed by atoms with Crippen LogP contribution in [0.15, 0.2) is 23.1 Å². The molecule has 1 heterocycles. The van der Waals surface area contributed by atoms with Gasteiger partial charge in [-0.2, -0.15) is 0 Å². The zero-order valence-electron chi connectivity index (χ0n) is 12.4. The lowest BCUT2D eigenvalue weighted by Gasteiger charge is -2.38. The molecule has 1 aromatic rings. The highest BCUT2D eigenvalue weighted by molar-refractivity contribution is 7.99. The van der Waals surface area contributed by atoms with Crippen molar-refractivity contribution in [3.8, 4) is 0 Å². The van der Waals surface area contributed by atoms with Crippen LogP contribution in [0.25, 0.3) is 0 Å². The summed E-state index contributed by atoms with van der Waals surface area (Å²) in [5, 5.41) is 3.82. The van der Waals surface area contributed by atoms with Crippen molar-refractivity contribution < 1.29 is 4.39 Å². The van der Waals surface area contributed by atoms with Crippen LogP contribution in [0.2, 0.25) is 0 Å². The van der Waals surface area contributed by atoms with E-state index in [1.807, 2.05) is 17.8 Å². The van der Waals surface area contributed by atoms with E-state index in [4.69, 9.17) is 0 Å². The number of rotatable bonds is 2. The molecule has 0 bridgehead atoms. The van der Waals surface area contributed by atoms with Gasteiger partial charge >= 0.3 is 0 Å². The van der Waals surface area contributed by atoms with Crippen molar-refractivity contribution in [1.29, 1.82) is 0 Å². The molecule has 2 atom stereocenters. The summed E-state index contributed by atoms with van der Waals surface area (Å²) >= 11 is 1.86. The van der Waals surface area contributed by atoms with Gasteiger partial charge in [-0.25, -0.2) is 4.39 Å². The van der Waals surface area contributed by atoms with Crippen molar-refractivity contribution >= 4 is 11.8 Å². The zero-order chi connectivity index (χ0) is 14.2. The molecule has 1 N–H and O–H groups in total. The van der Waals surface area contributed by atoms with E-state index in [2.05, 4.69) is 19.2 Å². The lowest BCUT2D eigenvalue weighted by molar-refractivity contribution is 0.187. The van der Waals surface area contributed by atoms with Gasteiger partial charge in [-0.05, 0) is 60.6 Å². The molecule has 0 amide bonds. The van der Waals surface area contributed by atoms with E-state index in [1.54, 1.807) is 12.1 Å². The van der Waals surface area contributed by atoms with Crippen LogP contribution in [0.5, 0.6) is 0 Å². The highest BCUT2D eigenvalue weighted by Crippen LogP contribution is 2.40. The van der Waals surface area contributed by atoms with Gasteiger partial charge in [0.05, 0.1) is 0 Å². The fraction of sp³-hybridized carbons (Fsp3) is 0.647. The van der Waals surface area contributed by atoms with Crippen LogP contribution in [0.3, 0.4) is 0 Å². The highest BCUT2D eigenvalue weighted by Gasteiger charge is 2.30. The number of halogens is 1. The minimum atomic E-state index is -0.109. The standard InChI is InChI=1S/C17H24FNS/c1-17(2)8-3-4-13(11-17)19-15-7-9-20-16-6-5-12(18)10-14(15)16/h5-6,10,13,15,19H,3-4,7-9,11H2,1-2H3. The largest absolute Gasteiger partial charge is 0.307 e. The van der Waals surface area contributed by atoms with Gasteiger partial charge in [0.25, 0.3) is 0 Å². The topological polar surface area (TPSA) is 12.0 Å². The Labute approximate surface area is 125 Å². The first-order valence-corrected chi connectivity index (χ1v) is 8.70. The molecule has 20 heavy (non-hydrogen) atoms. The average molecular weight is 293 g/mol. The predicted octanol–water partition coefficient (Wildman–Crippen LogP) is 4.92. The van der Waals surface area contributed by atoms with Gasteiger partial charge in [-0.1, -0.05) is 20.3 Å². The second-order valence-electron chi connectivity index (χ2n) is 7.00. The SMILES string of the molecule is CC1(C)CCCC(NC2CCSc3ccc(F)cc32)C1. The third-order valence-electron chi connectivity index (χ3n) is 4.65.